The summed E-state index contributed by atoms with van der Waals surface area (Å²) in [4.78, 5) is 69.6. The molecule has 6 rings (SSSR count). The molecule has 0 aliphatic heterocycles. The molecule has 0 unspecified atom stereocenters. The lowest BCUT2D eigenvalue weighted by Gasteiger charge is -2.22. The number of aliphatic carboxylic acids is 2. The Morgan fingerprint density at radius 3 is 1.38 bits per heavy atom. The van der Waals surface area contributed by atoms with Crippen molar-refractivity contribution in [3.63, 3.8) is 0 Å². The number of aromatic nitrogens is 2. The number of amides is 1. The van der Waals surface area contributed by atoms with Crippen LogP contribution in [-0.2, 0) is 27.2 Å². The topological polar surface area (TPSA) is 242 Å². The minimum atomic E-state index is -1.25. The van der Waals surface area contributed by atoms with Gasteiger partial charge in [-0.3, -0.25) is 19.2 Å². The van der Waals surface area contributed by atoms with E-state index in [4.69, 9.17) is 43.5 Å². The zero-order valence-corrected chi connectivity index (χ0v) is 41.3. The van der Waals surface area contributed by atoms with Gasteiger partial charge in [-0.25, -0.2) is 23.5 Å². The predicted molar refractivity (Wildman–Crippen MR) is 265 cm³/mol. The fraction of sp³-hybridized carbons (Fsp3) is 0.340. The number of ketones is 2. The number of hydrogen-bond donors (Lipinski definition) is 5. The van der Waals surface area contributed by atoms with E-state index in [9.17, 15) is 43.0 Å². The third kappa shape index (κ3) is 16.2. The van der Waals surface area contributed by atoms with E-state index < -0.39 is 47.7 Å². The van der Waals surface area contributed by atoms with Crippen molar-refractivity contribution in [2.24, 2.45) is 23.3 Å². The molecule has 14 nitrogen and oxygen atoms in total. The Bertz CT molecular complexity index is 2800. The number of carbonyl (C=O) groups excluding carboxylic acids is 3. The number of carbonyl (C=O) groups is 5. The number of halogens is 4. The normalized spacial score (nSPS) is 13.4. The third-order valence-corrected chi connectivity index (χ3v) is 12.1. The molecule has 0 radical (unpaired) electrons. The van der Waals surface area contributed by atoms with Gasteiger partial charge >= 0.3 is 11.9 Å². The molecule has 0 fully saturated rings. The lowest BCUT2D eigenvalue weighted by atomic mass is 9.87. The highest BCUT2D eigenvalue weighted by Crippen LogP contribution is 2.30. The summed E-state index contributed by atoms with van der Waals surface area (Å²) in [7, 11) is 0. The van der Waals surface area contributed by atoms with Crippen LogP contribution in [0.2, 0.25) is 10.0 Å². The summed E-state index contributed by atoms with van der Waals surface area (Å²) in [6.45, 7) is 9.19. The van der Waals surface area contributed by atoms with E-state index in [2.05, 4.69) is 15.3 Å². The van der Waals surface area contributed by atoms with Crippen molar-refractivity contribution in [2.45, 2.75) is 103 Å². The molecule has 18 heteroatoms. The van der Waals surface area contributed by atoms with Crippen molar-refractivity contribution >= 4 is 52.6 Å². The van der Waals surface area contributed by atoms with Crippen molar-refractivity contribution in [3.8, 4) is 22.3 Å². The number of nitrogens with zero attached hydrogens (tertiary/aromatic N) is 2. The van der Waals surface area contributed by atoms with Crippen molar-refractivity contribution in [2.75, 3.05) is 0 Å². The number of carboxylic acid groups (broad SMARTS) is 2. The molecular formula is C53H57Cl2F2N5O9. The van der Waals surface area contributed by atoms with Gasteiger partial charge in [0.05, 0.1) is 17.4 Å². The number of carboxylic acids is 2. The second-order valence-corrected chi connectivity index (χ2v) is 19.0. The molecule has 71 heavy (non-hydrogen) atoms. The van der Waals surface area contributed by atoms with Crippen LogP contribution >= 0.6 is 23.2 Å². The molecule has 4 aromatic carbocycles. The minimum Gasteiger partial charge on any atom is -0.480 e. The van der Waals surface area contributed by atoms with Gasteiger partial charge in [-0.1, -0.05) is 99.4 Å². The molecule has 7 N–H and O–H groups in total. The molecular weight excluding hydrogens is 960 g/mol. The van der Waals surface area contributed by atoms with Gasteiger partial charge in [-0.15, -0.1) is 0 Å². The maximum Gasteiger partial charge on any atom is 0.326 e. The highest BCUT2D eigenvalue weighted by atomic mass is 35.5. The molecule has 0 spiro atoms. The Morgan fingerprint density at radius 1 is 0.620 bits per heavy atom. The predicted octanol–water partition coefficient (Wildman–Crippen LogP) is 10.5. The molecule has 6 aromatic rings. The molecule has 0 aliphatic rings. The summed E-state index contributed by atoms with van der Waals surface area (Å²) in [5.74, 6) is -5.10. The van der Waals surface area contributed by atoms with E-state index in [0.717, 1.165) is 11.1 Å². The van der Waals surface area contributed by atoms with Gasteiger partial charge in [-0.2, -0.15) is 0 Å². The number of oxazole rings is 2. The average molecular weight is 1020 g/mol. The molecule has 0 saturated carbocycles. The van der Waals surface area contributed by atoms with Gasteiger partial charge in [0.25, 0.3) is 11.8 Å². The van der Waals surface area contributed by atoms with Gasteiger partial charge in [0.1, 0.15) is 36.2 Å². The first kappa shape index (κ1) is 55.3. The molecule has 0 bridgehead atoms. The van der Waals surface area contributed by atoms with Crippen molar-refractivity contribution in [1.29, 1.82) is 0 Å². The van der Waals surface area contributed by atoms with Gasteiger partial charge in [0.2, 0.25) is 17.5 Å². The largest absolute Gasteiger partial charge is 0.480 e. The minimum absolute atomic E-state index is 0.0133. The second kappa shape index (κ2) is 25.5. The summed E-state index contributed by atoms with van der Waals surface area (Å²) in [5.41, 5.74) is 16.4. The van der Waals surface area contributed by atoms with Crippen molar-refractivity contribution < 1.29 is 51.8 Å². The van der Waals surface area contributed by atoms with E-state index in [1.807, 2.05) is 39.8 Å². The van der Waals surface area contributed by atoms with Gasteiger partial charge in [0.15, 0.2) is 0 Å². The van der Waals surface area contributed by atoms with E-state index in [1.54, 1.807) is 42.5 Å². The van der Waals surface area contributed by atoms with Crippen molar-refractivity contribution in [3.05, 3.63) is 153 Å². The number of nitrogens with one attached hydrogen (secondary N) is 1. The number of benzene rings is 4. The second-order valence-electron chi connectivity index (χ2n) is 18.1. The Balaban J connectivity index is 0.000000267. The molecule has 2 heterocycles. The van der Waals surface area contributed by atoms with Crippen LogP contribution in [0, 0.1) is 23.5 Å². The van der Waals surface area contributed by atoms with Crippen LogP contribution in [0.25, 0.3) is 22.3 Å². The Labute approximate surface area is 420 Å². The molecule has 376 valence electrons. The van der Waals surface area contributed by atoms with Gasteiger partial charge in [-0.05, 0) is 115 Å². The first-order chi connectivity index (χ1) is 33.6. The smallest absolute Gasteiger partial charge is 0.326 e. The summed E-state index contributed by atoms with van der Waals surface area (Å²) in [6.07, 6.45) is 3.71. The quantitative estimate of drug-likeness (QED) is 0.0398. The van der Waals surface area contributed by atoms with E-state index in [0.29, 0.717) is 56.5 Å². The summed E-state index contributed by atoms with van der Waals surface area (Å²) >= 11 is 12.0. The summed E-state index contributed by atoms with van der Waals surface area (Å²) in [5, 5.41) is 22.2. The zero-order chi connectivity index (χ0) is 52.1. The SMILES string of the molecule is CC(C)c1coc(C(=O)C[C@H](Cc2ccc(-c3cc(Cl)ccc3F)cc2)C[C@@H](N)C(=O)O)n1.CC(C)c1coc(C(=O)C[C@H](Cc2ccc(-c3cc(Cl)ccc3F)cc2)C[C@@H](NC(=O)[C@@H](C)N)C(=O)O)n1. The maximum atomic E-state index is 14.3. The first-order valence-corrected chi connectivity index (χ1v) is 23.7. The average Bonchev–Trinajstić information content (AvgIpc) is 4.04. The van der Waals surface area contributed by atoms with E-state index >= 15 is 0 Å². The Hall–Kier alpha value is -6.59. The number of hydrogen-bond acceptors (Lipinski definition) is 11. The highest BCUT2D eigenvalue weighted by Gasteiger charge is 2.29. The fourth-order valence-electron chi connectivity index (χ4n) is 7.60. The van der Waals surface area contributed by atoms with E-state index in [-0.39, 0.29) is 72.6 Å². The molecule has 0 aliphatic carbocycles. The lowest BCUT2D eigenvalue weighted by molar-refractivity contribution is -0.142. The summed E-state index contributed by atoms with van der Waals surface area (Å²) in [6, 6.07) is 19.6. The molecule has 1 amide bonds. The first-order valence-electron chi connectivity index (χ1n) is 22.9. The van der Waals surface area contributed by atoms with Gasteiger partial charge < -0.3 is 35.8 Å². The molecule has 0 saturated heterocycles. The van der Waals surface area contributed by atoms with Crippen LogP contribution in [0.15, 0.2) is 106 Å². The highest BCUT2D eigenvalue weighted by molar-refractivity contribution is 6.31. The number of rotatable bonds is 22. The van der Waals surface area contributed by atoms with Crippen LogP contribution in [0.3, 0.4) is 0 Å². The van der Waals surface area contributed by atoms with Crippen LogP contribution < -0.4 is 16.8 Å². The summed E-state index contributed by atoms with van der Waals surface area (Å²) < 4.78 is 39.1. The third-order valence-electron chi connectivity index (χ3n) is 11.6. The number of nitrogens with two attached hydrogens (primary N) is 2. The number of Topliss-reactive ketones (excluding diaryl/α,β-unsaturated/α-hetero) is 2. The van der Waals surface area contributed by atoms with Crippen LogP contribution in [-0.4, -0.2) is 67.7 Å². The zero-order valence-electron chi connectivity index (χ0n) is 39.8. The van der Waals surface area contributed by atoms with Gasteiger partial charge in [0, 0.05) is 34.0 Å². The van der Waals surface area contributed by atoms with Crippen LogP contribution in [0.5, 0.6) is 0 Å². The van der Waals surface area contributed by atoms with E-state index in [1.165, 1.54) is 49.8 Å². The Kier molecular flexibility index (Phi) is 19.9. The maximum absolute atomic E-state index is 14.3. The molecule has 2 aromatic heterocycles. The molecule has 5 atom stereocenters. The standard InChI is InChI=1S/C28H31ClFN3O5.C25H26ClFN2O4/c1-15(2)24-14-38-27(33-24)25(34)12-18(11-23(28(36)37)32-26(35)16(3)31)10-17-4-6-19(7-5-17)21-13-20(29)8-9-22(21)30;1-14(2)22-13-33-24(29-22)23(30)11-16(10-21(28)25(31)32)9-15-3-5-17(6-4-15)19-12-18(26)7-8-20(19)27/h4-9,13-16,18,23H,10-12,31H2,1-3H3,(H,32,35)(H,36,37);3-8,12-14,16,21H,9-11,28H2,1-2H3,(H,31,32)/t16-,18-,23-;16-,21-/m11/s1. The monoisotopic (exact) mass is 1020 g/mol. The fourth-order valence-corrected chi connectivity index (χ4v) is 7.94. The lowest BCUT2D eigenvalue weighted by Crippen LogP contribution is -2.48. The van der Waals surface area contributed by atoms with Crippen LogP contribution in [0.1, 0.15) is 116 Å². The van der Waals surface area contributed by atoms with Crippen molar-refractivity contribution in [1.82, 2.24) is 15.3 Å². The van der Waals surface area contributed by atoms with Crippen LogP contribution in [0.4, 0.5) is 8.78 Å². The Morgan fingerprint density at radius 2 is 1.03 bits per heavy atom.